The number of carbonyl (C=O) groups is 2. The second kappa shape index (κ2) is 10.9. The number of hydrogen-bond donors (Lipinski definition) is 1. The fourth-order valence-electron chi connectivity index (χ4n) is 3.37. The summed E-state index contributed by atoms with van der Waals surface area (Å²) in [6, 6.07) is 13.0. The van der Waals surface area contributed by atoms with Crippen LogP contribution in [0.1, 0.15) is 60.0 Å². The summed E-state index contributed by atoms with van der Waals surface area (Å²) >= 11 is 5.97. The average Bonchev–Trinajstić information content (AvgIpc) is 2.65. The first-order chi connectivity index (χ1) is 13.4. The largest absolute Gasteiger partial charge is 0.481 e. The standard InChI is InChI=1S/C23H28ClNO3/c1-17-9-8-10-18(2)22(17)25(16-7-5-3-4-6-11-21(26)27)23(28)19-12-14-20(24)15-13-19/h8-10,12-15H,3-7,11,16H2,1-2H3,(H,26,27). The first-order valence-electron chi connectivity index (χ1n) is 9.75. The maximum atomic E-state index is 13.2. The molecule has 0 atom stereocenters. The monoisotopic (exact) mass is 401 g/mol. The Labute approximate surface area is 172 Å². The van der Waals surface area contributed by atoms with Gasteiger partial charge in [0.05, 0.1) is 0 Å². The van der Waals surface area contributed by atoms with Crippen LogP contribution in [0.2, 0.25) is 5.02 Å². The third kappa shape index (κ3) is 6.38. The fourth-order valence-corrected chi connectivity index (χ4v) is 3.50. The molecule has 0 fully saturated rings. The number of halogens is 1. The lowest BCUT2D eigenvalue weighted by atomic mass is 10.0. The lowest BCUT2D eigenvalue weighted by Crippen LogP contribution is -2.33. The highest BCUT2D eigenvalue weighted by Crippen LogP contribution is 2.27. The number of hydrogen-bond acceptors (Lipinski definition) is 2. The second-order valence-electron chi connectivity index (χ2n) is 7.12. The summed E-state index contributed by atoms with van der Waals surface area (Å²) in [5, 5.41) is 9.31. The molecule has 28 heavy (non-hydrogen) atoms. The molecule has 0 saturated carbocycles. The van der Waals surface area contributed by atoms with Gasteiger partial charge in [0.1, 0.15) is 0 Å². The Morgan fingerprint density at radius 2 is 1.46 bits per heavy atom. The summed E-state index contributed by atoms with van der Waals surface area (Å²) in [5.41, 5.74) is 3.73. The maximum absolute atomic E-state index is 13.2. The number of nitrogens with zero attached hydrogens (tertiary/aromatic N) is 1. The van der Waals surface area contributed by atoms with Gasteiger partial charge in [0.2, 0.25) is 0 Å². The van der Waals surface area contributed by atoms with Crippen LogP contribution in [-0.2, 0) is 4.79 Å². The smallest absolute Gasteiger partial charge is 0.303 e. The Morgan fingerprint density at radius 3 is 2.07 bits per heavy atom. The van der Waals surface area contributed by atoms with Gasteiger partial charge in [-0.1, -0.05) is 49.1 Å². The van der Waals surface area contributed by atoms with Gasteiger partial charge < -0.3 is 10.0 Å². The maximum Gasteiger partial charge on any atom is 0.303 e. The number of carboxylic acids is 1. The third-order valence-electron chi connectivity index (χ3n) is 4.82. The number of carboxylic acid groups (broad SMARTS) is 1. The van der Waals surface area contributed by atoms with Gasteiger partial charge in [-0.25, -0.2) is 0 Å². The summed E-state index contributed by atoms with van der Waals surface area (Å²) in [6.45, 7) is 4.68. The van der Waals surface area contributed by atoms with Crippen LogP contribution in [-0.4, -0.2) is 23.5 Å². The van der Waals surface area contributed by atoms with E-state index in [1.807, 2.05) is 36.9 Å². The number of carbonyl (C=O) groups excluding carboxylic acids is 1. The normalized spacial score (nSPS) is 10.7. The Bertz CT molecular complexity index is 782. The minimum absolute atomic E-state index is 0.0278. The molecule has 0 aliphatic heterocycles. The van der Waals surface area contributed by atoms with Crippen LogP contribution in [0, 0.1) is 13.8 Å². The van der Waals surface area contributed by atoms with Crippen molar-refractivity contribution in [2.45, 2.75) is 52.4 Å². The molecular weight excluding hydrogens is 374 g/mol. The van der Waals surface area contributed by atoms with Crippen molar-refractivity contribution in [2.24, 2.45) is 0 Å². The van der Waals surface area contributed by atoms with Gasteiger partial charge in [0.25, 0.3) is 5.91 Å². The zero-order valence-electron chi connectivity index (χ0n) is 16.6. The van der Waals surface area contributed by atoms with Crippen LogP contribution in [0.3, 0.4) is 0 Å². The van der Waals surface area contributed by atoms with E-state index in [0.29, 0.717) is 23.6 Å². The molecule has 2 aromatic rings. The van der Waals surface area contributed by atoms with Crippen molar-refractivity contribution in [3.63, 3.8) is 0 Å². The van der Waals surface area contributed by atoms with E-state index in [1.165, 1.54) is 0 Å². The predicted octanol–water partition coefficient (Wildman–Crippen LogP) is 6.03. The third-order valence-corrected chi connectivity index (χ3v) is 5.07. The van der Waals surface area contributed by atoms with Crippen molar-refractivity contribution in [1.82, 2.24) is 0 Å². The molecule has 0 heterocycles. The van der Waals surface area contributed by atoms with Gasteiger partial charge >= 0.3 is 5.97 Å². The minimum atomic E-state index is -0.741. The van der Waals surface area contributed by atoms with E-state index in [2.05, 4.69) is 0 Å². The van der Waals surface area contributed by atoms with Gasteiger partial charge in [-0.3, -0.25) is 9.59 Å². The molecule has 1 amide bonds. The van der Waals surface area contributed by atoms with E-state index in [9.17, 15) is 9.59 Å². The molecule has 4 nitrogen and oxygen atoms in total. The van der Waals surface area contributed by atoms with Crippen LogP contribution in [0.15, 0.2) is 42.5 Å². The van der Waals surface area contributed by atoms with E-state index in [4.69, 9.17) is 16.7 Å². The average molecular weight is 402 g/mol. The number of benzene rings is 2. The van der Waals surface area contributed by atoms with Crippen molar-refractivity contribution in [1.29, 1.82) is 0 Å². The first-order valence-corrected chi connectivity index (χ1v) is 10.1. The Morgan fingerprint density at radius 1 is 0.893 bits per heavy atom. The molecule has 2 rings (SSSR count). The lowest BCUT2D eigenvalue weighted by molar-refractivity contribution is -0.137. The molecule has 0 bridgehead atoms. The van der Waals surface area contributed by atoms with Crippen molar-refractivity contribution in [3.05, 3.63) is 64.2 Å². The molecule has 0 saturated heterocycles. The number of aliphatic carboxylic acids is 1. The van der Waals surface area contributed by atoms with Crippen molar-refractivity contribution in [3.8, 4) is 0 Å². The predicted molar refractivity (Wildman–Crippen MR) is 114 cm³/mol. The summed E-state index contributed by atoms with van der Waals surface area (Å²) < 4.78 is 0. The number of anilines is 1. The molecule has 0 spiro atoms. The molecule has 0 aromatic heterocycles. The molecule has 5 heteroatoms. The molecule has 0 aliphatic carbocycles. The van der Waals surface area contributed by atoms with Gasteiger partial charge in [0.15, 0.2) is 0 Å². The summed E-state index contributed by atoms with van der Waals surface area (Å²) in [5.74, 6) is -0.769. The molecule has 1 N–H and O–H groups in total. The zero-order chi connectivity index (χ0) is 20.5. The van der Waals surface area contributed by atoms with Crippen molar-refractivity contribution < 1.29 is 14.7 Å². The van der Waals surface area contributed by atoms with Crippen molar-refractivity contribution in [2.75, 3.05) is 11.4 Å². The van der Waals surface area contributed by atoms with E-state index in [1.54, 1.807) is 24.3 Å². The molecule has 0 unspecified atom stereocenters. The number of para-hydroxylation sites is 1. The second-order valence-corrected chi connectivity index (χ2v) is 7.55. The van der Waals surface area contributed by atoms with E-state index < -0.39 is 5.97 Å². The summed E-state index contributed by atoms with van der Waals surface area (Å²) in [6.07, 6.45) is 4.65. The number of aryl methyl sites for hydroxylation is 2. The molecule has 0 aliphatic rings. The first kappa shape index (κ1) is 22.0. The minimum Gasteiger partial charge on any atom is -0.481 e. The highest BCUT2D eigenvalue weighted by atomic mass is 35.5. The summed E-state index contributed by atoms with van der Waals surface area (Å²) in [7, 11) is 0. The van der Waals surface area contributed by atoms with E-state index in [0.717, 1.165) is 42.5 Å². The number of amides is 1. The van der Waals surface area contributed by atoms with Crippen LogP contribution in [0.5, 0.6) is 0 Å². The quantitative estimate of drug-likeness (QED) is 0.494. The van der Waals surface area contributed by atoms with E-state index in [-0.39, 0.29) is 12.3 Å². The van der Waals surface area contributed by atoms with Gasteiger partial charge in [-0.15, -0.1) is 0 Å². The topological polar surface area (TPSA) is 57.6 Å². The molecule has 150 valence electrons. The Hall–Kier alpha value is -2.33. The Kier molecular flexibility index (Phi) is 8.52. The molecule has 0 radical (unpaired) electrons. The lowest BCUT2D eigenvalue weighted by Gasteiger charge is -2.26. The van der Waals surface area contributed by atoms with Crippen molar-refractivity contribution >= 4 is 29.2 Å². The highest BCUT2D eigenvalue weighted by molar-refractivity contribution is 6.30. The van der Waals surface area contributed by atoms with Crippen LogP contribution in [0.25, 0.3) is 0 Å². The van der Waals surface area contributed by atoms with E-state index >= 15 is 0 Å². The molecular formula is C23H28ClNO3. The Balaban J connectivity index is 2.08. The van der Waals surface area contributed by atoms with Crippen LogP contribution >= 0.6 is 11.6 Å². The molecule has 2 aromatic carbocycles. The van der Waals surface area contributed by atoms with Gasteiger partial charge in [-0.05, 0) is 62.1 Å². The number of unbranched alkanes of at least 4 members (excludes halogenated alkanes) is 4. The highest BCUT2D eigenvalue weighted by Gasteiger charge is 2.20. The fraction of sp³-hybridized carbons (Fsp3) is 0.391. The van der Waals surface area contributed by atoms with Gasteiger partial charge in [-0.2, -0.15) is 0 Å². The van der Waals surface area contributed by atoms with Gasteiger partial charge in [0, 0.05) is 29.2 Å². The van der Waals surface area contributed by atoms with Crippen LogP contribution < -0.4 is 4.90 Å². The van der Waals surface area contributed by atoms with Crippen LogP contribution in [0.4, 0.5) is 5.69 Å². The zero-order valence-corrected chi connectivity index (χ0v) is 17.3. The number of rotatable bonds is 10. The summed E-state index contributed by atoms with van der Waals surface area (Å²) in [4.78, 5) is 25.7. The SMILES string of the molecule is Cc1cccc(C)c1N(CCCCCCCC(=O)O)C(=O)c1ccc(Cl)cc1.